The Morgan fingerprint density at radius 2 is 1.96 bits per heavy atom. The van der Waals surface area contributed by atoms with Crippen molar-refractivity contribution in [3.05, 3.63) is 48.6 Å². The molecule has 27 heavy (non-hydrogen) atoms. The first-order valence-electron chi connectivity index (χ1n) is 9.90. The highest BCUT2D eigenvalue weighted by Crippen LogP contribution is 2.45. The summed E-state index contributed by atoms with van der Waals surface area (Å²) in [5.74, 6) is 0. The zero-order valence-corrected chi connectivity index (χ0v) is 16.2. The molecule has 0 aromatic heterocycles. The third-order valence-corrected chi connectivity index (χ3v) is 6.30. The second kappa shape index (κ2) is 7.30. The Kier molecular flexibility index (Phi) is 5.16. The van der Waals surface area contributed by atoms with E-state index in [2.05, 4.69) is 13.5 Å². The molecule has 1 aromatic carbocycles. The van der Waals surface area contributed by atoms with Gasteiger partial charge in [-0.3, -0.25) is 0 Å². The van der Waals surface area contributed by atoms with E-state index in [4.69, 9.17) is 18.9 Å². The standard InChI is InChI=1S/C22H30O5/c1-4-11-21(2)18(23)13-19-22(3,27-21)12-10-16-17(25-19)14-24-20(26-16)15-8-6-5-7-9-15/h4-9,16-20,23H,1,10-14H2,2-3H3/t16-,17+,18+,19-,20+,21-,22+/m0/s1. The molecule has 5 heteroatoms. The summed E-state index contributed by atoms with van der Waals surface area (Å²) in [4.78, 5) is 0. The Balaban J connectivity index is 1.50. The Morgan fingerprint density at radius 1 is 1.19 bits per heavy atom. The predicted octanol–water partition coefficient (Wildman–Crippen LogP) is 3.52. The monoisotopic (exact) mass is 374 g/mol. The molecule has 7 atom stereocenters. The van der Waals surface area contributed by atoms with Crippen LogP contribution in [-0.2, 0) is 18.9 Å². The number of rotatable bonds is 3. The van der Waals surface area contributed by atoms with E-state index in [9.17, 15) is 5.11 Å². The summed E-state index contributed by atoms with van der Waals surface area (Å²) in [6.45, 7) is 8.36. The van der Waals surface area contributed by atoms with Crippen molar-refractivity contribution in [2.75, 3.05) is 6.61 Å². The van der Waals surface area contributed by atoms with Gasteiger partial charge in [-0.1, -0.05) is 36.4 Å². The molecule has 0 amide bonds. The molecule has 0 bridgehead atoms. The summed E-state index contributed by atoms with van der Waals surface area (Å²) in [6, 6.07) is 10.00. The highest BCUT2D eigenvalue weighted by molar-refractivity contribution is 5.16. The second-order valence-corrected chi connectivity index (χ2v) is 8.42. The number of benzene rings is 1. The first-order valence-corrected chi connectivity index (χ1v) is 9.90. The largest absolute Gasteiger partial charge is 0.390 e. The van der Waals surface area contributed by atoms with E-state index in [0.29, 0.717) is 19.4 Å². The molecular weight excluding hydrogens is 344 g/mol. The molecule has 0 unspecified atom stereocenters. The van der Waals surface area contributed by atoms with Crippen LogP contribution in [0.25, 0.3) is 0 Å². The molecule has 4 rings (SSSR count). The predicted molar refractivity (Wildman–Crippen MR) is 101 cm³/mol. The summed E-state index contributed by atoms with van der Waals surface area (Å²) in [5, 5.41) is 10.7. The van der Waals surface area contributed by atoms with Crippen molar-refractivity contribution in [2.45, 2.75) is 81.4 Å². The first kappa shape index (κ1) is 19.1. The molecule has 148 valence electrons. The van der Waals surface area contributed by atoms with Crippen molar-refractivity contribution in [1.82, 2.24) is 0 Å². The lowest BCUT2D eigenvalue weighted by molar-refractivity contribution is -0.299. The number of ether oxygens (including phenoxy) is 4. The lowest BCUT2D eigenvalue weighted by atomic mass is 9.79. The van der Waals surface area contributed by atoms with Crippen LogP contribution in [0.5, 0.6) is 0 Å². The average Bonchev–Trinajstić information content (AvgIpc) is 2.79. The van der Waals surface area contributed by atoms with E-state index in [-0.39, 0.29) is 24.6 Å². The third kappa shape index (κ3) is 3.59. The van der Waals surface area contributed by atoms with E-state index >= 15 is 0 Å². The fourth-order valence-corrected chi connectivity index (χ4v) is 4.62. The summed E-state index contributed by atoms with van der Waals surface area (Å²) in [6.07, 6.45) is 3.31. The van der Waals surface area contributed by atoms with Crippen LogP contribution in [0.3, 0.4) is 0 Å². The maximum Gasteiger partial charge on any atom is 0.184 e. The Morgan fingerprint density at radius 3 is 2.70 bits per heavy atom. The molecular formula is C22H30O5. The van der Waals surface area contributed by atoms with Crippen molar-refractivity contribution >= 4 is 0 Å². The van der Waals surface area contributed by atoms with E-state index in [1.54, 1.807) is 0 Å². The maximum absolute atomic E-state index is 10.7. The van der Waals surface area contributed by atoms with E-state index in [1.165, 1.54) is 0 Å². The summed E-state index contributed by atoms with van der Waals surface area (Å²) in [5.41, 5.74) is -0.0653. The molecule has 3 saturated heterocycles. The van der Waals surface area contributed by atoms with E-state index < -0.39 is 17.3 Å². The molecule has 1 aromatic rings. The van der Waals surface area contributed by atoms with Gasteiger partial charge in [-0.25, -0.2) is 0 Å². The maximum atomic E-state index is 10.7. The number of hydrogen-bond acceptors (Lipinski definition) is 5. The highest BCUT2D eigenvalue weighted by atomic mass is 16.7. The number of aliphatic hydroxyl groups is 1. The van der Waals surface area contributed by atoms with Crippen LogP contribution < -0.4 is 0 Å². The minimum absolute atomic E-state index is 0.0437. The van der Waals surface area contributed by atoms with Crippen LogP contribution >= 0.6 is 0 Å². The third-order valence-electron chi connectivity index (χ3n) is 6.30. The quantitative estimate of drug-likeness (QED) is 0.821. The lowest BCUT2D eigenvalue weighted by Gasteiger charge is -2.51. The molecule has 0 saturated carbocycles. The molecule has 3 aliphatic rings. The Hall–Kier alpha value is -1.24. The average molecular weight is 374 g/mol. The van der Waals surface area contributed by atoms with Crippen LogP contribution in [-0.4, -0.2) is 47.3 Å². The zero-order valence-electron chi connectivity index (χ0n) is 16.2. The fourth-order valence-electron chi connectivity index (χ4n) is 4.62. The normalized spacial score (nSPS) is 44.6. The van der Waals surface area contributed by atoms with Gasteiger partial charge in [0, 0.05) is 12.0 Å². The minimum atomic E-state index is -0.629. The van der Waals surface area contributed by atoms with Crippen LogP contribution in [0.2, 0.25) is 0 Å². The van der Waals surface area contributed by atoms with Gasteiger partial charge in [-0.05, 0) is 33.1 Å². The van der Waals surface area contributed by atoms with E-state index in [0.717, 1.165) is 18.4 Å². The van der Waals surface area contributed by atoms with Gasteiger partial charge in [0.1, 0.15) is 6.10 Å². The molecule has 3 aliphatic heterocycles. The molecule has 3 heterocycles. The van der Waals surface area contributed by atoms with Crippen molar-refractivity contribution in [2.24, 2.45) is 0 Å². The molecule has 0 spiro atoms. The first-order chi connectivity index (χ1) is 12.9. The van der Waals surface area contributed by atoms with Crippen LogP contribution in [0.4, 0.5) is 0 Å². The molecule has 0 aliphatic carbocycles. The van der Waals surface area contributed by atoms with Gasteiger partial charge in [0.05, 0.1) is 36.1 Å². The van der Waals surface area contributed by atoms with Crippen LogP contribution in [0.1, 0.15) is 51.4 Å². The minimum Gasteiger partial charge on any atom is -0.390 e. The topological polar surface area (TPSA) is 57.2 Å². The van der Waals surface area contributed by atoms with Crippen molar-refractivity contribution < 1.29 is 24.1 Å². The highest BCUT2D eigenvalue weighted by Gasteiger charge is 2.54. The second-order valence-electron chi connectivity index (χ2n) is 8.42. The summed E-state index contributed by atoms with van der Waals surface area (Å²) >= 11 is 0. The van der Waals surface area contributed by atoms with Gasteiger partial charge in [0.15, 0.2) is 6.29 Å². The van der Waals surface area contributed by atoms with Crippen molar-refractivity contribution in [3.63, 3.8) is 0 Å². The molecule has 3 fully saturated rings. The zero-order chi connectivity index (χ0) is 19.1. The fraction of sp³-hybridized carbons (Fsp3) is 0.636. The van der Waals surface area contributed by atoms with Gasteiger partial charge in [-0.15, -0.1) is 6.58 Å². The van der Waals surface area contributed by atoms with Gasteiger partial charge in [0.2, 0.25) is 0 Å². The lowest BCUT2D eigenvalue weighted by Crippen LogP contribution is -2.61. The Labute approximate surface area is 161 Å². The van der Waals surface area contributed by atoms with Crippen molar-refractivity contribution in [3.8, 4) is 0 Å². The summed E-state index contributed by atoms with van der Waals surface area (Å²) < 4.78 is 25.1. The van der Waals surface area contributed by atoms with Crippen molar-refractivity contribution in [1.29, 1.82) is 0 Å². The van der Waals surface area contributed by atoms with Crippen LogP contribution in [0.15, 0.2) is 43.0 Å². The number of fused-ring (bicyclic) bond motifs is 2. The van der Waals surface area contributed by atoms with E-state index in [1.807, 2.05) is 43.3 Å². The van der Waals surface area contributed by atoms with Gasteiger partial charge in [0.25, 0.3) is 0 Å². The number of hydrogen-bond donors (Lipinski definition) is 1. The molecule has 1 N–H and O–H groups in total. The van der Waals surface area contributed by atoms with Gasteiger partial charge >= 0.3 is 0 Å². The Bertz CT molecular complexity index is 664. The summed E-state index contributed by atoms with van der Waals surface area (Å²) in [7, 11) is 0. The SMILES string of the molecule is C=CC[C@]1(C)O[C@]2(C)CC[C@@H]3O[C@H](c4ccccc4)OC[C@H]3O[C@H]2C[C@H]1O. The van der Waals surface area contributed by atoms with Crippen LogP contribution in [0, 0.1) is 0 Å². The molecule has 0 radical (unpaired) electrons. The smallest absolute Gasteiger partial charge is 0.184 e. The molecule has 5 nitrogen and oxygen atoms in total. The number of aliphatic hydroxyl groups excluding tert-OH is 1. The van der Waals surface area contributed by atoms with Gasteiger partial charge in [-0.2, -0.15) is 0 Å². The van der Waals surface area contributed by atoms with Gasteiger partial charge < -0.3 is 24.1 Å².